The molecule has 0 saturated heterocycles. The number of nitro groups is 1. The lowest BCUT2D eigenvalue weighted by molar-refractivity contribution is -0.384. The highest BCUT2D eigenvalue weighted by molar-refractivity contribution is 7.99. The Morgan fingerprint density at radius 2 is 1.84 bits per heavy atom. The molecule has 2 rings (SSSR count). The van der Waals surface area contributed by atoms with Crippen molar-refractivity contribution in [3.63, 3.8) is 0 Å². The van der Waals surface area contributed by atoms with Crippen LogP contribution in [0.25, 0.3) is 0 Å². The Morgan fingerprint density at radius 3 is 2.40 bits per heavy atom. The van der Waals surface area contributed by atoms with Gasteiger partial charge in [0.1, 0.15) is 5.75 Å². The van der Waals surface area contributed by atoms with E-state index >= 15 is 0 Å². The van der Waals surface area contributed by atoms with Gasteiger partial charge in [0.15, 0.2) is 0 Å². The third kappa shape index (κ3) is 5.79. The monoisotopic (exact) mass is 360 g/mol. The van der Waals surface area contributed by atoms with Crippen LogP contribution in [0.4, 0.5) is 5.69 Å². The molecule has 0 aliphatic heterocycles. The Labute approximate surface area is 150 Å². The fourth-order valence-corrected chi connectivity index (χ4v) is 3.03. The lowest BCUT2D eigenvalue weighted by Gasteiger charge is -2.14. The molecule has 1 atom stereocenters. The SMILES string of the molecule is COc1ccc([C@H](C)NC(=O)CSCc2ccc([N+](=O)[O-])cc2)cc1. The summed E-state index contributed by atoms with van der Waals surface area (Å²) >= 11 is 1.47. The van der Waals surface area contributed by atoms with Crippen molar-refractivity contribution in [2.45, 2.75) is 18.7 Å². The molecule has 0 aliphatic rings. The van der Waals surface area contributed by atoms with E-state index in [9.17, 15) is 14.9 Å². The minimum Gasteiger partial charge on any atom is -0.497 e. The number of carbonyl (C=O) groups is 1. The van der Waals surface area contributed by atoms with Crippen molar-refractivity contribution in [1.29, 1.82) is 0 Å². The van der Waals surface area contributed by atoms with Crippen LogP contribution in [-0.2, 0) is 10.5 Å². The number of nitrogens with one attached hydrogen (secondary N) is 1. The number of thioether (sulfide) groups is 1. The predicted molar refractivity (Wildman–Crippen MR) is 98.8 cm³/mol. The van der Waals surface area contributed by atoms with Gasteiger partial charge in [0, 0.05) is 17.9 Å². The molecular formula is C18H20N2O4S. The number of nitrogens with zero attached hydrogens (tertiary/aromatic N) is 1. The molecule has 1 N–H and O–H groups in total. The highest BCUT2D eigenvalue weighted by Gasteiger charge is 2.10. The third-order valence-corrected chi connectivity index (χ3v) is 4.65. The Hall–Kier alpha value is -2.54. The molecule has 0 radical (unpaired) electrons. The number of hydrogen-bond acceptors (Lipinski definition) is 5. The molecule has 2 aromatic rings. The van der Waals surface area contributed by atoms with E-state index < -0.39 is 4.92 Å². The number of methoxy groups -OCH3 is 1. The van der Waals surface area contributed by atoms with E-state index in [2.05, 4.69) is 5.32 Å². The fraction of sp³-hybridized carbons (Fsp3) is 0.278. The molecule has 0 spiro atoms. The van der Waals surface area contributed by atoms with Gasteiger partial charge in [0.25, 0.3) is 5.69 Å². The first-order valence-corrected chi connectivity index (χ1v) is 8.89. The summed E-state index contributed by atoms with van der Waals surface area (Å²) < 4.78 is 5.12. The standard InChI is InChI=1S/C18H20N2O4S/c1-13(15-5-9-17(24-2)10-6-15)19-18(21)12-25-11-14-3-7-16(8-4-14)20(22)23/h3-10,13H,11-12H2,1-2H3,(H,19,21)/t13-/m0/s1. The van der Waals surface area contributed by atoms with Crippen molar-refractivity contribution >= 4 is 23.4 Å². The Kier molecular flexibility index (Phi) is 6.82. The summed E-state index contributed by atoms with van der Waals surface area (Å²) in [6.07, 6.45) is 0. The summed E-state index contributed by atoms with van der Waals surface area (Å²) in [5, 5.41) is 13.6. The van der Waals surface area contributed by atoms with Gasteiger partial charge in [-0.05, 0) is 30.2 Å². The Morgan fingerprint density at radius 1 is 1.20 bits per heavy atom. The highest BCUT2D eigenvalue weighted by atomic mass is 32.2. The average molecular weight is 360 g/mol. The number of rotatable bonds is 8. The minimum absolute atomic E-state index is 0.0461. The number of non-ortho nitro benzene ring substituents is 1. The molecule has 0 aliphatic carbocycles. The molecule has 0 fully saturated rings. The average Bonchev–Trinajstić information content (AvgIpc) is 2.62. The summed E-state index contributed by atoms with van der Waals surface area (Å²) in [4.78, 5) is 22.2. The maximum Gasteiger partial charge on any atom is 0.269 e. The van der Waals surface area contributed by atoms with Gasteiger partial charge in [-0.25, -0.2) is 0 Å². The van der Waals surface area contributed by atoms with Crippen LogP contribution in [-0.4, -0.2) is 23.7 Å². The second-order valence-electron chi connectivity index (χ2n) is 5.48. The van der Waals surface area contributed by atoms with E-state index in [0.717, 1.165) is 16.9 Å². The number of ether oxygens (including phenoxy) is 1. The van der Waals surface area contributed by atoms with Crippen LogP contribution in [0.15, 0.2) is 48.5 Å². The van der Waals surface area contributed by atoms with Crippen molar-refractivity contribution in [1.82, 2.24) is 5.32 Å². The highest BCUT2D eigenvalue weighted by Crippen LogP contribution is 2.19. The molecule has 0 bridgehead atoms. The van der Waals surface area contributed by atoms with Crippen LogP contribution in [0.1, 0.15) is 24.1 Å². The van der Waals surface area contributed by atoms with Gasteiger partial charge in [0.05, 0.1) is 23.8 Å². The van der Waals surface area contributed by atoms with Crippen molar-refractivity contribution in [3.05, 3.63) is 69.8 Å². The van der Waals surface area contributed by atoms with Gasteiger partial charge >= 0.3 is 0 Å². The molecule has 0 aromatic heterocycles. The van der Waals surface area contributed by atoms with E-state index in [1.165, 1.54) is 23.9 Å². The number of nitro benzene ring substituents is 1. The smallest absolute Gasteiger partial charge is 0.269 e. The lowest BCUT2D eigenvalue weighted by Crippen LogP contribution is -2.28. The number of amides is 1. The van der Waals surface area contributed by atoms with Crippen molar-refractivity contribution < 1.29 is 14.5 Å². The Balaban J connectivity index is 1.76. The second-order valence-corrected chi connectivity index (χ2v) is 6.46. The first-order valence-electron chi connectivity index (χ1n) is 7.74. The third-order valence-electron chi connectivity index (χ3n) is 3.64. The molecular weight excluding hydrogens is 340 g/mol. The van der Waals surface area contributed by atoms with Crippen LogP contribution >= 0.6 is 11.8 Å². The van der Waals surface area contributed by atoms with Gasteiger partial charge in [-0.3, -0.25) is 14.9 Å². The van der Waals surface area contributed by atoms with Crippen molar-refractivity contribution in [3.8, 4) is 5.75 Å². The summed E-state index contributed by atoms with van der Waals surface area (Å²) in [5.74, 6) is 1.69. The maximum atomic E-state index is 12.0. The van der Waals surface area contributed by atoms with Crippen molar-refractivity contribution in [2.75, 3.05) is 12.9 Å². The Bertz CT molecular complexity index is 717. The van der Waals surface area contributed by atoms with Crippen LogP contribution in [0.5, 0.6) is 5.75 Å². The number of hydrogen-bond donors (Lipinski definition) is 1. The van der Waals surface area contributed by atoms with Crippen LogP contribution in [0.3, 0.4) is 0 Å². The largest absolute Gasteiger partial charge is 0.497 e. The normalized spacial score (nSPS) is 11.6. The number of carbonyl (C=O) groups excluding carboxylic acids is 1. The summed E-state index contributed by atoms with van der Waals surface area (Å²) in [6, 6.07) is 13.9. The van der Waals surface area contributed by atoms with Gasteiger partial charge in [-0.2, -0.15) is 0 Å². The van der Waals surface area contributed by atoms with Crippen LogP contribution in [0.2, 0.25) is 0 Å². The van der Waals surface area contributed by atoms with E-state index in [4.69, 9.17) is 4.74 Å². The molecule has 132 valence electrons. The van der Waals surface area contributed by atoms with Gasteiger partial charge < -0.3 is 10.1 Å². The van der Waals surface area contributed by atoms with Crippen LogP contribution in [0, 0.1) is 10.1 Å². The first-order chi connectivity index (χ1) is 12.0. The predicted octanol–water partition coefficient (Wildman–Crippen LogP) is 3.71. The first kappa shape index (κ1) is 18.8. The molecule has 0 saturated carbocycles. The van der Waals surface area contributed by atoms with Gasteiger partial charge in [-0.1, -0.05) is 24.3 Å². The van der Waals surface area contributed by atoms with Crippen molar-refractivity contribution in [2.24, 2.45) is 0 Å². The van der Waals surface area contributed by atoms with Crippen LogP contribution < -0.4 is 10.1 Å². The zero-order valence-corrected chi connectivity index (χ0v) is 14.9. The molecule has 6 nitrogen and oxygen atoms in total. The molecule has 7 heteroatoms. The summed E-state index contributed by atoms with van der Waals surface area (Å²) in [5.41, 5.74) is 2.03. The fourth-order valence-electron chi connectivity index (χ4n) is 2.23. The van der Waals surface area contributed by atoms with Gasteiger partial charge in [-0.15, -0.1) is 11.8 Å². The molecule has 2 aromatic carbocycles. The molecule has 1 amide bonds. The lowest BCUT2D eigenvalue weighted by atomic mass is 10.1. The van der Waals surface area contributed by atoms with E-state index in [1.54, 1.807) is 19.2 Å². The zero-order chi connectivity index (χ0) is 18.2. The summed E-state index contributed by atoms with van der Waals surface area (Å²) in [6.45, 7) is 1.93. The molecule has 0 heterocycles. The number of benzene rings is 2. The maximum absolute atomic E-state index is 12.0. The quantitative estimate of drug-likeness (QED) is 0.573. The topological polar surface area (TPSA) is 81.5 Å². The zero-order valence-electron chi connectivity index (χ0n) is 14.1. The summed E-state index contributed by atoms with van der Waals surface area (Å²) in [7, 11) is 1.61. The van der Waals surface area contributed by atoms with E-state index in [1.807, 2.05) is 31.2 Å². The van der Waals surface area contributed by atoms with E-state index in [-0.39, 0.29) is 17.6 Å². The molecule has 0 unspecified atom stereocenters. The van der Waals surface area contributed by atoms with Gasteiger partial charge in [0.2, 0.25) is 5.91 Å². The second kappa shape index (κ2) is 9.08. The minimum atomic E-state index is -0.426. The molecule has 25 heavy (non-hydrogen) atoms. The van der Waals surface area contributed by atoms with E-state index in [0.29, 0.717) is 11.5 Å².